The summed E-state index contributed by atoms with van der Waals surface area (Å²) in [6, 6.07) is 19.1. The Hall–Kier alpha value is -3.60. The molecule has 4 aromatic rings. The lowest BCUT2D eigenvalue weighted by Gasteiger charge is -2.16. The van der Waals surface area contributed by atoms with E-state index < -0.39 is 0 Å². The van der Waals surface area contributed by atoms with Crippen LogP contribution in [-0.4, -0.2) is 23.7 Å². The molecule has 3 aromatic carbocycles. The summed E-state index contributed by atoms with van der Waals surface area (Å²) in [4.78, 5) is 16.7. The molecule has 1 heterocycles. The highest BCUT2D eigenvalue weighted by atomic mass is 16.5. The van der Waals surface area contributed by atoms with Crippen molar-refractivity contribution in [3.63, 3.8) is 0 Å². The molecule has 0 aliphatic rings. The Kier molecular flexibility index (Phi) is 6.50. The largest absolute Gasteiger partial charge is 0.449 e. The number of alkyl carbamates (subject to hydrolysis) is 1. The minimum atomic E-state index is -0.380. The van der Waals surface area contributed by atoms with Gasteiger partial charge in [0.2, 0.25) is 0 Å². The van der Waals surface area contributed by atoms with Crippen molar-refractivity contribution in [2.75, 3.05) is 11.9 Å². The third-order valence-corrected chi connectivity index (χ3v) is 5.77. The Morgan fingerprint density at radius 1 is 0.939 bits per heavy atom. The average Bonchev–Trinajstić information content (AvgIpc) is 2.74. The second kappa shape index (κ2) is 9.49. The summed E-state index contributed by atoms with van der Waals surface area (Å²) in [6.07, 6.45) is 0.270. The van der Waals surface area contributed by atoms with Crippen molar-refractivity contribution >= 4 is 39.3 Å². The zero-order valence-electron chi connectivity index (χ0n) is 20.0. The number of anilines is 2. The maximum atomic E-state index is 11.7. The van der Waals surface area contributed by atoms with Crippen LogP contribution in [0.3, 0.4) is 0 Å². The zero-order chi connectivity index (χ0) is 23.5. The summed E-state index contributed by atoms with van der Waals surface area (Å²) in [5, 5.41) is 8.60. The number of rotatable bonds is 6. The van der Waals surface area contributed by atoms with Gasteiger partial charge in [-0.25, -0.2) is 9.78 Å². The molecule has 0 aliphatic carbocycles. The lowest BCUT2D eigenvalue weighted by molar-refractivity contribution is 0.145. The summed E-state index contributed by atoms with van der Waals surface area (Å²) < 4.78 is 5.29. The van der Waals surface area contributed by atoms with Crippen molar-refractivity contribution < 1.29 is 9.53 Å². The maximum Gasteiger partial charge on any atom is 0.407 e. The summed E-state index contributed by atoms with van der Waals surface area (Å²) >= 11 is 0. The van der Waals surface area contributed by atoms with Crippen LogP contribution < -0.4 is 10.6 Å². The lowest BCUT2D eigenvalue weighted by Crippen LogP contribution is -2.31. The fourth-order valence-electron chi connectivity index (χ4n) is 3.94. The first-order chi connectivity index (χ1) is 15.8. The fraction of sp³-hybridized carbons (Fsp3) is 0.286. The van der Waals surface area contributed by atoms with Crippen molar-refractivity contribution in [1.29, 1.82) is 0 Å². The van der Waals surface area contributed by atoms with Crippen LogP contribution in [0.5, 0.6) is 0 Å². The number of hydrogen-bond donors (Lipinski definition) is 2. The van der Waals surface area contributed by atoms with Crippen LogP contribution in [0.2, 0.25) is 0 Å². The summed E-state index contributed by atoms with van der Waals surface area (Å²) in [5.74, 6) is 0. The number of nitrogens with zero attached hydrogens (tertiary/aromatic N) is 1. The zero-order valence-corrected chi connectivity index (χ0v) is 20.0. The first-order valence-electron chi connectivity index (χ1n) is 11.4. The van der Waals surface area contributed by atoms with Crippen molar-refractivity contribution in [3.8, 4) is 0 Å². The van der Waals surface area contributed by atoms with Gasteiger partial charge in [-0.05, 0) is 87.2 Å². The van der Waals surface area contributed by atoms with E-state index in [1.165, 1.54) is 16.7 Å². The van der Waals surface area contributed by atoms with E-state index in [9.17, 15) is 4.79 Å². The number of benzene rings is 3. The van der Waals surface area contributed by atoms with E-state index in [4.69, 9.17) is 9.72 Å². The number of aryl methyl sites for hydroxylation is 3. The molecule has 0 fully saturated rings. The summed E-state index contributed by atoms with van der Waals surface area (Å²) in [5.41, 5.74) is 8.78. The molecule has 33 heavy (non-hydrogen) atoms. The topological polar surface area (TPSA) is 63.2 Å². The number of ether oxygens (including phenoxy) is 1. The number of aromatic nitrogens is 1. The van der Waals surface area contributed by atoms with Crippen LogP contribution in [0.25, 0.3) is 21.8 Å². The van der Waals surface area contributed by atoms with Crippen LogP contribution >= 0.6 is 0 Å². The number of nitrogens with one attached hydrogen (secondary N) is 2. The number of hydrogen-bond acceptors (Lipinski definition) is 4. The second-order valence-electron chi connectivity index (χ2n) is 8.97. The van der Waals surface area contributed by atoms with E-state index in [1.807, 2.05) is 19.9 Å². The highest BCUT2D eigenvalue weighted by molar-refractivity contribution is 6.09. The Morgan fingerprint density at radius 2 is 1.70 bits per heavy atom. The molecule has 0 bridgehead atoms. The predicted octanol–water partition coefficient (Wildman–Crippen LogP) is 6.73. The average molecular weight is 442 g/mol. The van der Waals surface area contributed by atoms with Gasteiger partial charge in [0, 0.05) is 28.9 Å². The molecule has 5 nitrogen and oxygen atoms in total. The number of fused-ring (bicyclic) bond motifs is 2. The number of carbonyl (C=O) groups is 1. The van der Waals surface area contributed by atoms with Gasteiger partial charge in [0.05, 0.1) is 23.3 Å². The van der Waals surface area contributed by atoms with Crippen LogP contribution in [0.15, 0.2) is 54.6 Å². The van der Waals surface area contributed by atoms with E-state index in [-0.39, 0.29) is 12.1 Å². The Balaban J connectivity index is 1.65. The van der Waals surface area contributed by atoms with E-state index in [0.717, 1.165) is 38.7 Å². The standard InChI is InChI=1S/C28H31N3O2/c1-17(2)29-28(32)33-12-11-21-7-6-8-22(16-21)30-27-23-10-9-18(3)13-25(23)31-26-15-20(5)19(4)14-24(26)27/h6-10,13-17H,11-12H2,1-5H3,(H,29,32)(H,30,31). The Bertz CT molecular complexity index is 1330. The molecule has 2 N–H and O–H groups in total. The second-order valence-corrected chi connectivity index (χ2v) is 8.97. The third kappa shape index (κ3) is 5.25. The van der Waals surface area contributed by atoms with Crippen LogP contribution in [0.4, 0.5) is 16.2 Å². The molecular weight excluding hydrogens is 410 g/mol. The van der Waals surface area contributed by atoms with E-state index >= 15 is 0 Å². The van der Waals surface area contributed by atoms with Gasteiger partial charge in [-0.3, -0.25) is 0 Å². The highest BCUT2D eigenvalue weighted by Gasteiger charge is 2.12. The number of carbonyl (C=O) groups excluding carboxylic acids is 1. The van der Waals surface area contributed by atoms with Gasteiger partial charge in [0.15, 0.2) is 0 Å². The van der Waals surface area contributed by atoms with Gasteiger partial charge in [0.25, 0.3) is 0 Å². The van der Waals surface area contributed by atoms with E-state index in [2.05, 4.69) is 79.9 Å². The molecule has 1 amide bonds. The molecule has 0 spiro atoms. The summed E-state index contributed by atoms with van der Waals surface area (Å²) in [6.45, 7) is 10.5. The molecule has 170 valence electrons. The van der Waals surface area contributed by atoms with Gasteiger partial charge in [-0.15, -0.1) is 0 Å². The molecule has 1 aromatic heterocycles. The smallest absolute Gasteiger partial charge is 0.407 e. The summed E-state index contributed by atoms with van der Waals surface area (Å²) in [7, 11) is 0. The van der Waals surface area contributed by atoms with Crippen LogP contribution in [-0.2, 0) is 11.2 Å². The molecule has 0 saturated carbocycles. The van der Waals surface area contributed by atoms with Gasteiger partial charge in [0.1, 0.15) is 0 Å². The molecule has 5 heteroatoms. The van der Waals surface area contributed by atoms with Crippen molar-refractivity contribution in [3.05, 3.63) is 76.9 Å². The SMILES string of the molecule is Cc1ccc2c(Nc3cccc(CCOC(=O)NC(C)C)c3)c3cc(C)c(C)cc3nc2c1. The molecular formula is C28H31N3O2. The normalized spacial score (nSPS) is 11.2. The minimum Gasteiger partial charge on any atom is -0.449 e. The Morgan fingerprint density at radius 3 is 2.48 bits per heavy atom. The predicted molar refractivity (Wildman–Crippen MR) is 137 cm³/mol. The highest BCUT2D eigenvalue weighted by Crippen LogP contribution is 2.35. The van der Waals surface area contributed by atoms with E-state index in [0.29, 0.717) is 13.0 Å². The monoisotopic (exact) mass is 441 g/mol. The molecule has 0 saturated heterocycles. The maximum absolute atomic E-state index is 11.7. The van der Waals surface area contributed by atoms with Crippen molar-refractivity contribution in [2.24, 2.45) is 0 Å². The molecule has 4 rings (SSSR count). The quantitative estimate of drug-likeness (QED) is 0.326. The van der Waals surface area contributed by atoms with Crippen molar-refractivity contribution in [1.82, 2.24) is 10.3 Å². The van der Waals surface area contributed by atoms with Crippen LogP contribution in [0, 0.1) is 20.8 Å². The minimum absolute atomic E-state index is 0.0613. The van der Waals surface area contributed by atoms with E-state index in [1.54, 1.807) is 0 Å². The molecule has 0 atom stereocenters. The van der Waals surface area contributed by atoms with Gasteiger partial charge in [-0.2, -0.15) is 0 Å². The molecule has 0 radical (unpaired) electrons. The van der Waals surface area contributed by atoms with Crippen molar-refractivity contribution in [2.45, 2.75) is 47.1 Å². The number of amides is 1. The number of pyridine rings is 1. The van der Waals surface area contributed by atoms with Gasteiger partial charge in [-0.1, -0.05) is 24.3 Å². The third-order valence-electron chi connectivity index (χ3n) is 5.77. The molecule has 0 aliphatic heterocycles. The first kappa shape index (κ1) is 22.6. The van der Waals surface area contributed by atoms with Gasteiger partial charge >= 0.3 is 6.09 Å². The van der Waals surface area contributed by atoms with Crippen LogP contribution in [0.1, 0.15) is 36.1 Å². The fourth-order valence-corrected chi connectivity index (χ4v) is 3.94. The molecule has 0 unspecified atom stereocenters. The van der Waals surface area contributed by atoms with Gasteiger partial charge < -0.3 is 15.4 Å². The first-order valence-corrected chi connectivity index (χ1v) is 11.4. The lowest BCUT2D eigenvalue weighted by atomic mass is 10.0. The Labute approximate surface area is 195 Å².